The molecule has 2 aromatic rings. The van der Waals surface area contributed by atoms with E-state index in [2.05, 4.69) is 4.98 Å². The van der Waals surface area contributed by atoms with E-state index in [1.807, 2.05) is 0 Å². The summed E-state index contributed by atoms with van der Waals surface area (Å²) in [6, 6.07) is 6.21. The third kappa shape index (κ3) is 2.08. The van der Waals surface area contributed by atoms with E-state index in [4.69, 9.17) is 5.73 Å². The summed E-state index contributed by atoms with van der Waals surface area (Å²) in [5.41, 5.74) is 6.58. The largest absolute Gasteiger partial charge is 0.366 e. The van der Waals surface area contributed by atoms with Crippen molar-refractivity contribution in [3.8, 4) is 5.69 Å². The van der Waals surface area contributed by atoms with Gasteiger partial charge in [-0.15, -0.1) is 0 Å². The summed E-state index contributed by atoms with van der Waals surface area (Å²) in [7, 11) is 0. The predicted octanol–water partition coefficient (Wildman–Crippen LogP) is 0.640. The summed E-state index contributed by atoms with van der Waals surface area (Å²) < 4.78 is 1.36. The lowest BCUT2D eigenvalue weighted by atomic mass is 10.2. The van der Waals surface area contributed by atoms with E-state index in [1.165, 1.54) is 22.9 Å². The molecule has 0 saturated heterocycles. The number of rotatable bonds is 2. The molecule has 1 amide bonds. The number of pyridine rings is 2. The van der Waals surface area contributed by atoms with Gasteiger partial charge in [0.05, 0.1) is 16.9 Å². The van der Waals surface area contributed by atoms with Crippen LogP contribution in [0.25, 0.3) is 5.69 Å². The summed E-state index contributed by atoms with van der Waals surface area (Å²) in [5.74, 6) is -0.569. The smallest absolute Gasteiger partial charge is 0.255 e. The average molecular weight is 229 g/mol. The lowest BCUT2D eigenvalue weighted by Crippen LogP contribution is -2.21. The minimum absolute atomic E-state index is 0.230. The summed E-state index contributed by atoms with van der Waals surface area (Å²) in [6.45, 7) is 1.79. The Balaban J connectivity index is 2.67. The Labute approximate surface area is 97.5 Å². The van der Waals surface area contributed by atoms with Gasteiger partial charge in [0.25, 0.3) is 5.56 Å². The van der Waals surface area contributed by atoms with Crippen LogP contribution in [0.1, 0.15) is 16.1 Å². The van der Waals surface area contributed by atoms with Crippen molar-refractivity contribution in [2.24, 2.45) is 5.73 Å². The van der Waals surface area contributed by atoms with Crippen LogP contribution in [0.2, 0.25) is 0 Å². The third-order valence-electron chi connectivity index (χ3n) is 2.43. The van der Waals surface area contributed by atoms with Crippen LogP contribution in [-0.4, -0.2) is 15.5 Å². The third-order valence-corrected chi connectivity index (χ3v) is 2.43. The minimum atomic E-state index is -0.569. The molecule has 5 nitrogen and oxygen atoms in total. The Hall–Kier alpha value is -2.43. The van der Waals surface area contributed by atoms with Crippen molar-refractivity contribution in [2.75, 3.05) is 0 Å². The van der Waals surface area contributed by atoms with Gasteiger partial charge >= 0.3 is 0 Å². The number of hydrogen-bond acceptors (Lipinski definition) is 3. The maximum atomic E-state index is 11.7. The molecule has 86 valence electrons. The zero-order chi connectivity index (χ0) is 12.4. The number of primary amides is 1. The highest BCUT2D eigenvalue weighted by Gasteiger charge is 2.07. The van der Waals surface area contributed by atoms with E-state index in [9.17, 15) is 9.59 Å². The fraction of sp³-hybridized carbons (Fsp3) is 0.0833. The number of amides is 1. The van der Waals surface area contributed by atoms with Crippen LogP contribution in [-0.2, 0) is 0 Å². The minimum Gasteiger partial charge on any atom is -0.366 e. The SMILES string of the molecule is Cc1ncccc1-n1cc(C(N)=O)ccc1=O. The van der Waals surface area contributed by atoms with E-state index in [0.29, 0.717) is 11.4 Å². The molecule has 2 rings (SSSR count). The highest BCUT2D eigenvalue weighted by molar-refractivity contribution is 5.92. The molecular formula is C12H11N3O2. The highest BCUT2D eigenvalue weighted by atomic mass is 16.1. The quantitative estimate of drug-likeness (QED) is 0.820. The van der Waals surface area contributed by atoms with Gasteiger partial charge in [0.2, 0.25) is 5.91 Å². The summed E-state index contributed by atoms with van der Waals surface area (Å²) >= 11 is 0. The van der Waals surface area contributed by atoms with Crippen molar-refractivity contribution in [2.45, 2.75) is 6.92 Å². The van der Waals surface area contributed by atoms with Gasteiger partial charge in [-0.25, -0.2) is 0 Å². The van der Waals surface area contributed by atoms with Gasteiger partial charge in [-0.2, -0.15) is 0 Å². The van der Waals surface area contributed by atoms with Crippen LogP contribution in [0.3, 0.4) is 0 Å². The van der Waals surface area contributed by atoms with Crippen molar-refractivity contribution in [1.29, 1.82) is 0 Å². The Bertz CT molecular complexity index is 632. The first-order valence-electron chi connectivity index (χ1n) is 5.04. The molecule has 17 heavy (non-hydrogen) atoms. The van der Waals surface area contributed by atoms with E-state index in [0.717, 1.165) is 0 Å². The molecule has 5 heteroatoms. The Morgan fingerprint density at radius 3 is 2.76 bits per heavy atom. The molecule has 0 radical (unpaired) electrons. The van der Waals surface area contributed by atoms with Crippen molar-refractivity contribution in [1.82, 2.24) is 9.55 Å². The fourth-order valence-corrected chi connectivity index (χ4v) is 1.55. The van der Waals surface area contributed by atoms with Crippen LogP contribution in [0.5, 0.6) is 0 Å². The van der Waals surface area contributed by atoms with Gasteiger partial charge in [-0.3, -0.25) is 19.1 Å². The predicted molar refractivity (Wildman–Crippen MR) is 63.1 cm³/mol. The van der Waals surface area contributed by atoms with Gasteiger partial charge in [0, 0.05) is 18.5 Å². The zero-order valence-electron chi connectivity index (χ0n) is 9.25. The van der Waals surface area contributed by atoms with Crippen LogP contribution < -0.4 is 11.3 Å². The standard InChI is InChI=1S/C12H11N3O2/c1-8-10(3-2-6-14-8)15-7-9(12(13)17)4-5-11(15)16/h2-7H,1H3,(H2,13,17). The molecule has 0 aromatic carbocycles. The van der Waals surface area contributed by atoms with Crippen LogP contribution in [0, 0.1) is 6.92 Å². The molecular weight excluding hydrogens is 218 g/mol. The number of aromatic nitrogens is 2. The van der Waals surface area contributed by atoms with Crippen LogP contribution in [0.4, 0.5) is 0 Å². The number of hydrogen-bond donors (Lipinski definition) is 1. The lowest BCUT2D eigenvalue weighted by Gasteiger charge is -2.08. The second-order valence-corrected chi connectivity index (χ2v) is 3.60. The van der Waals surface area contributed by atoms with Gasteiger partial charge in [0.15, 0.2) is 0 Å². The molecule has 0 aliphatic heterocycles. The lowest BCUT2D eigenvalue weighted by molar-refractivity contribution is 0.0999. The number of nitrogens with zero attached hydrogens (tertiary/aromatic N) is 2. The summed E-state index contributed by atoms with van der Waals surface area (Å²) in [4.78, 5) is 26.9. The van der Waals surface area contributed by atoms with Gasteiger partial charge in [-0.1, -0.05) is 0 Å². The molecule has 0 atom stereocenters. The van der Waals surface area contributed by atoms with E-state index >= 15 is 0 Å². The number of aryl methyl sites for hydroxylation is 1. The summed E-state index contributed by atoms with van der Waals surface area (Å²) in [5, 5.41) is 0. The monoisotopic (exact) mass is 229 g/mol. The first kappa shape index (κ1) is 11.1. The molecule has 0 fully saturated rings. The molecule has 0 unspecified atom stereocenters. The maximum absolute atomic E-state index is 11.7. The van der Waals surface area contributed by atoms with Crippen molar-refractivity contribution in [3.63, 3.8) is 0 Å². The van der Waals surface area contributed by atoms with Gasteiger partial charge < -0.3 is 5.73 Å². The Morgan fingerprint density at radius 1 is 1.35 bits per heavy atom. The highest BCUT2D eigenvalue weighted by Crippen LogP contribution is 2.09. The Morgan fingerprint density at radius 2 is 2.12 bits per heavy atom. The molecule has 0 spiro atoms. The zero-order valence-corrected chi connectivity index (χ0v) is 9.25. The fourth-order valence-electron chi connectivity index (χ4n) is 1.55. The van der Waals surface area contributed by atoms with E-state index < -0.39 is 5.91 Å². The molecule has 0 saturated carbocycles. The van der Waals surface area contributed by atoms with Crippen molar-refractivity contribution in [3.05, 3.63) is 58.3 Å². The topological polar surface area (TPSA) is 78.0 Å². The van der Waals surface area contributed by atoms with Gasteiger partial charge in [-0.05, 0) is 25.1 Å². The van der Waals surface area contributed by atoms with Gasteiger partial charge in [0.1, 0.15) is 0 Å². The van der Waals surface area contributed by atoms with E-state index in [-0.39, 0.29) is 11.1 Å². The number of nitrogens with two attached hydrogens (primary N) is 1. The second-order valence-electron chi connectivity index (χ2n) is 3.60. The van der Waals surface area contributed by atoms with Crippen molar-refractivity contribution >= 4 is 5.91 Å². The van der Waals surface area contributed by atoms with Crippen LogP contribution >= 0.6 is 0 Å². The molecule has 0 aliphatic carbocycles. The molecule has 2 N–H and O–H groups in total. The van der Waals surface area contributed by atoms with E-state index in [1.54, 1.807) is 25.3 Å². The normalized spacial score (nSPS) is 10.2. The van der Waals surface area contributed by atoms with Crippen molar-refractivity contribution < 1.29 is 4.79 Å². The molecule has 0 aliphatic rings. The number of carbonyl (C=O) groups is 1. The molecule has 0 bridgehead atoms. The maximum Gasteiger partial charge on any atom is 0.255 e. The average Bonchev–Trinajstić information content (AvgIpc) is 2.30. The first-order chi connectivity index (χ1) is 8.09. The first-order valence-corrected chi connectivity index (χ1v) is 5.04. The second kappa shape index (κ2) is 4.21. The van der Waals surface area contributed by atoms with Crippen LogP contribution in [0.15, 0.2) is 41.5 Å². The number of carbonyl (C=O) groups excluding carboxylic acids is 1. The summed E-state index contributed by atoms with van der Waals surface area (Å²) in [6.07, 6.45) is 3.07. The Kier molecular flexibility index (Phi) is 2.74. The molecule has 2 aromatic heterocycles. The molecule has 2 heterocycles.